The van der Waals surface area contributed by atoms with Crippen LogP contribution in [0.15, 0.2) is 40.9 Å². The van der Waals surface area contributed by atoms with Gasteiger partial charge in [-0.3, -0.25) is 4.98 Å². The van der Waals surface area contributed by atoms with Gasteiger partial charge in [0.15, 0.2) is 5.76 Å². The van der Waals surface area contributed by atoms with E-state index in [2.05, 4.69) is 9.97 Å². The second-order valence-electron chi connectivity index (χ2n) is 6.38. The van der Waals surface area contributed by atoms with Crippen LogP contribution in [-0.4, -0.2) is 28.3 Å². The molecule has 0 atom stereocenters. The molecular weight excluding hydrogens is 298 g/mol. The number of hydrogen-bond acceptors (Lipinski definition) is 5. The van der Waals surface area contributed by atoms with Crippen molar-refractivity contribution in [2.75, 3.05) is 0 Å². The molecule has 7 heteroatoms. The van der Waals surface area contributed by atoms with Crippen LogP contribution in [0, 0.1) is 0 Å². The van der Waals surface area contributed by atoms with E-state index < -0.39 is 24.0 Å². The van der Waals surface area contributed by atoms with E-state index in [1.165, 1.54) is 24.7 Å². The highest BCUT2D eigenvalue weighted by atomic mass is 19.1. The number of rotatable bonds is 3. The first-order valence-electron chi connectivity index (χ1n) is 7.38. The molecule has 0 bridgehead atoms. The summed E-state index contributed by atoms with van der Waals surface area (Å²) in [4.78, 5) is 8.38. The summed E-state index contributed by atoms with van der Waals surface area (Å²) in [5.41, 5.74) is -0.944. The molecule has 1 aliphatic heterocycles. The molecule has 3 rings (SSSR count). The standard InChI is InChI=1S/C16H18BFN2O3/c1-15(2)16(3,4)23-17(22-15)13(18)10-11-14(20-8-7-19-11)12-6-5-9-21-12/h5-10H,1-4H3. The zero-order valence-corrected chi connectivity index (χ0v) is 13.5. The Morgan fingerprint density at radius 2 is 1.78 bits per heavy atom. The number of hydrogen-bond donors (Lipinski definition) is 0. The van der Waals surface area contributed by atoms with Crippen LogP contribution >= 0.6 is 0 Å². The summed E-state index contributed by atoms with van der Waals surface area (Å²) in [6, 6.07) is 3.48. The van der Waals surface area contributed by atoms with Gasteiger partial charge in [-0.15, -0.1) is 0 Å². The molecule has 0 aromatic carbocycles. The van der Waals surface area contributed by atoms with Gasteiger partial charge in [0, 0.05) is 12.4 Å². The van der Waals surface area contributed by atoms with Crippen LogP contribution < -0.4 is 0 Å². The van der Waals surface area contributed by atoms with E-state index in [4.69, 9.17) is 13.7 Å². The highest BCUT2D eigenvalue weighted by molar-refractivity contribution is 6.54. The Labute approximate surface area is 134 Å². The van der Waals surface area contributed by atoms with E-state index in [0.29, 0.717) is 17.1 Å². The molecular formula is C16H18BFN2O3. The number of furan rings is 1. The maximum Gasteiger partial charge on any atom is 0.525 e. The highest BCUT2D eigenvalue weighted by Crippen LogP contribution is 2.39. The minimum absolute atomic E-state index is 0.356. The van der Waals surface area contributed by atoms with E-state index >= 15 is 0 Å². The van der Waals surface area contributed by atoms with Crippen LogP contribution in [0.4, 0.5) is 4.39 Å². The lowest BCUT2D eigenvalue weighted by Gasteiger charge is -2.32. The van der Waals surface area contributed by atoms with Crippen molar-refractivity contribution < 1.29 is 18.1 Å². The average Bonchev–Trinajstić information content (AvgIpc) is 3.06. The van der Waals surface area contributed by atoms with Crippen LogP contribution in [0.2, 0.25) is 0 Å². The molecule has 0 N–H and O–H groups in total. The zero-order chi connectivity index (χ0) is 16.7. The Balaban J connectivity index is 1.91. The molecule has 0 amide bonds. The molecule has 5 nitrogen and oxygen atoms in total. The second-order valence-corrected chi connectivity index (χ2v) is 6.38. The third-order valence-corrected chi connectivity index (χ3v) is 4.23. The van der Waals surface area contributed by atoms with Crippen molar-refractivity contribution in [3.63, 3.8) is 0 Å². The molecule has 0 unspecified atom stereocenters. The molecule has 2 aromatic heterocycles. The summed E-state index contributed by atoms with van der Waals surface area (Å²) in [5, 5.41) is 0. The number of halogens is 1. The fourth-order valence-electron chi connectivity index (χ4n) is 2.21. The third kappa shape index (κ3) is 2.94. The second kappa shape index (κ2) is 5.58. The van der Waals surface area contributed by atoms with Gasteiger partial charge in [-0.05, 0) is 45.9 Å². The molecule has 3 heterocycles. The van der Waals surface area contributed by atoms with E-state index in [9.17, 15) is 4.39 Å². The van der Waals surface area contributed by atoms with Crippen molar-refractivity contribution in [1.29, 1.82) is 0 Å². The van der Waals surface area contributed by atoms with Crippen LogP contribution in [-0.2, 0) is 9.31 Å². The Morgan fingerprint density at radius 1 is 1.13 bits per heavy atom. The van der Waals surface area contributed by atoms with Gasteiger partial charge in [-0.25, -0.2) is 9.37 Å². The number of aromatic nitrogens is 2. The summed E-state index contributed by atoms with van der Waals surface area (Å²) >= 11 is 0. The lowest BCUT2D eigenvalue weighted by molar-refractivity contribution is 0.00578. The summed E-state index contributed by atoms with van der Waals surface area (Å²) in [6.45, 7) is 7.49. The van der Waals surface area contributed by atoms with Gasteiger partial charge in [0.05, 0.1) is 23.2 Å². The smallest absolute Gasteiger partial charge is 0.463 e. The van der Waals surface area contributed by atoms with E-state index in [1.54, 1.807) is 12.1 Å². The van der Waals surface area contributed by atoms with Gasteiger partial charge in [0.2, 0.25) is 0 Å². The van der Waals surface area contributed by atoms with Gasteiger partial charge in [-0.2, -0.15) is 0 Å². The van der Waals surface area contributed by atoms with Crippen molar-refractivity contribution >= 4 is 13.2 Å². The quantitative estimate of drug-likeness (QED) is 0.809. The summed E-state index contributed by atoms with van der Waals surface area (Å²) < 4.78 is 31.3. The van der Waals surface area contributed by atoms with Crippen molar-refractivity contribution in [2.45, 2.75) is 38.9 Å². The average molecular weight is 316 g/mol. The summed E-state index contributed by atoms with van der Waals surface area (Å²) in [7, 11) is -1.06. The lowest BCUT2D eigenvalue weighted by atomic mass is 9.87. The molecule has 1 aliphatic rings. The highest BCUT2D eigenvalue weighted by Gasteiger charge is 2.53. The Kier molecular flexibility index (Phi) is 3.86. The van der Waals surface area contributed by atoms with Gasteiger partial charge in [0.25, 0.3) is 0 Å². The van der Waals surface area contributed by atoms with Crippen molar-refractivity contribution in [1.82, 2.24) is 9.97 Å². The molecule has 23 heavy (non-hydrogen) atoms. The van der Waals surface area contributed by atoms with Gasteiger partial charge < -0.3 is 13.7 Å². The fourth-order valence-corrected chi connectivity index (χ4v) is 2.21. The normalized spacial score (nSPS) is 20.0. The molecule has 0 aliphatic carbocycles. The predicted octanol–water partition coefficient (Wildman–Crippen LogP) is 3.68. The minimum atomic E-state index is -1.06. The predicted molar refractivity (Wildman–Crippen MR) is 84.9 cm³/mol. The van der Waals surface area contributed by atoms with E-state index in [0.717, 1.165) is 0 Å². The fraction of sp³-hybridized carbons (Fsp3) is 0.375. The Morgan fingerprint density at radius 3 is 2.39 bits per heavy atom. The first-order chi connectivity index (χ1) is 10.8. The first kappa shape index (κ1) is 15.9. The molecule has 1 fully saturated rings. The van der Waals surface area contributed by atoms with Crippen molar-refractivity contribution in [3.8, 4) is 11.5 Å². The van der Waals surface area contributed by atoms with E-state index in [-0.39, 0.29) is 0 Å². The Bertz CT molecular complexity index is 713. The van der Waals surface area contributed by atoms with Gasteiger partial charge in [0.1, 0.15) is 11.4 Å². The lowest BCUT2D eigenvalue weighted by Crippen LogP contribution is -2.41. The van der Waals surface area contributed by atoms with Crippen molar-refractivity contribution in [3.05, 3.63) is 42.2 Å². The van der Waals surface area contributed by atoms with E-state index in [1.807, 2.05) is 27.7 Å². The third-order valence-electron chi connectivity index (χ3n) is 4.23. The topological polar surface area (TPSA) is 57.4 Å². The largest absolute Gasteiger partial charge is 0.525 e. The molecule has 1 saturated heterocycles. The molecule has 2 aromatic rings. The summed E-state index contributed by atoms with van der Waals surface area (Å²) in [5.74, 6) is 0.520. The zero-order valence-electron chi connectivity index (χ0n) is 13.5. The molecule has 0 saturated carbocycles. The molecule has 0 spiro atoms. The van der Waals surface area contributed by atoms with Crippen molar-refractivity contribution in [2.24, 2.45) is 0 Å². The van der Waals surface area contributed by atoms with Gasteiger partial charge >= 0.3 is 7.12 Å². The maximum absolute atomic E-state index is 14.6. The minimum Gasteiger partial charge on any atom is -0.463 e. The monoisotopic (exact) mass is 316 g/mol. The van der Waals surface area contributed by atoms with Crippen LogP contribution in [0.1, 0.15) is 33.4 Å². The summed E-state index contributed by atoms with van der Waals surface area (Å²) in [6.07, 6.45) is 5.83. The number of nitrogens with zero attached hydrogens (tertiary/aromatic N) is 2. The molecule has 0 radical (unpaired) electrons. The van der Waals surface area contributed by atoms with Crippen LogP contribution in [0.25, 0.3) is 17.5 Å². The SMILES string of the molecule is CC1(C)OB(C(F)=Cc2nccnc2-c2ccco2)OC1(C)C. The van der Waals surface area contributed by atoms with Crippen LogP contribution in [0.5, 0.6) is 0 Å². The van der Waals surface area contributed by atoms with Crippen LogP contribution in [0.3, 0.4) is 0 Å². The molecule has 120 valence electrons. The van der Waals surface area contributed by atoms with Gasteiger partial charge in [-0.1, -0.05) is 0 Å². The first-order valence-corrected chi connectivity index (χ1v) is 7.38. The maximum atomic E-state index is 14.6. The Hall–Kier alpha value is -1.99.